The first-order chi connectivity index (χ1) is 10.4. The Morgan fingerprint density at radius 3 is 1.25 bits per heavy atom. The summed E-state index contributed by atoms with van der Waals surface area (Å²) in [4.78, 5) is 0. The van der Waals surface area contributed by atoms with Gasteiger partial charge in [0.2, 0.25) is 0 Å². The van der Waals surface area contributed by atoms with Gasteiger partial charge in [-0.2, -0.15) is 0 Å². The molecule has 0 amide bonds. The first-order valence-corrected chi connectivity index (χ1v) is 8.21. The Labute approximate surface area is 145 Å². The topological polar surface area (TPSA) is 80.9 Å². The average molecular weight is 336 g/mol. The highest BCUT2D eigenvalue weighted by atomic mass is 16.3. The van der Waals surface area contributed by atoms with Gasteiger partial charge in [-0.1, -0.05) is 18.2 Å². The zero-order valence-electron chi connectivity index (χ0n) is 16.1. The van der Waals surface area contributed by atoms with Gasteiger partial charge in [-0.15, -0.1) is 0 Å². The van der Waals surface area contributed by atoms with E-state index in [-0.39, 0.29) is 0 Å². The molecule has 0 unspecified atom stereocenters. The van der Waals surface area contributed by atoms with Crippen molar-refractivity contribution in [1.29, 1.82) is 0 Å². The molecular weight excluding hydrogens is 304 g/mol. The maximum Gasteiger partial charge on any atom is 0.0844 e. The third-order valence-electron chi connectivity index (χ3n) is 4.06. The van der Waals surface area contributed by atoms with Crippen LogP contribution in [0.4, 0.5) is 0 Å². The molecule has 0 radical (unpaired) electrons. The molecular formula is C20H32O4. The van der Waals surface area contributed by atoms with Crippen LogP contribution in [-0.4, -0.2) is 42.8 Å². The highest BCUT2D eigenvalue weighted by molar-refractivity contribution is 5.53. The van der Waals surface area contributed by atoms with Crippen molar-refractivity contribution in [3.05, 3.63) is 46.6 Å². The Morgan fingerprint density at radius 2 is 0.917 bits per heavy atom. The van der Waals surface area contributed by atoms with Crippen molar-refractivity contribution in [3.63, 3.8) is 0 Å². The summed E-state index contributed by atoms with van der Waals surface area (Å²) in [6.07, 6.45) is 6.86. The minimum atomic E-state index is -1.21. The van der Waals surface area contributed by atoms with E-state index in [0.717, 1.165) is 0 Å². The van der Waals surface area contributed by atoms with E-state index in [1.807, 2.05) is 0 Å². The number of hydrogen-bond acceptors (Lipinski definition) is 4. The predicted octanol–water partition coefficient (Wildman–Crippen LogP) is 2.79. The third-order valence-corrected chi connectivity index (χ3v) is 4.06. The van der Waals surface area contributed by atoms with Crippen LogP contribution in [0, 0.1) is 0 Å². The van der Waals surface area contributed by atoms with E-state index in [4.69, 9.17) is 0 Å². The molecule has 4 nitrogen and oxygen atoms in total. The lowest BCUT2D eigenvalue weighted by atomic mass is 9.79. The number of aliphatic hydroxyl groups is 4. The van der Waals surface area contributed by atoms with Gasteiger partial charge < -0.3 is 20.4 Å². The van der Waals surface area contributed by atoms with Crippen LogP contribution >= 0.6 is 0 Å². The van der Waals surface area contributed by atoms with Crippen molar-refractivity contribution < 1.29 is 20.4 Å². The Hall–Kier alpha value is -1.20. The summed E-state index contributed by atoms with van der Waals surface area (Å²) < 4.78 is 0. The van der Waals surface area contributed by atoms with Gasteiger partial charge in [0.1, 0.15) is 0 Å². The summed E-state index contributed by atoms with van der Waals surface area (Å²) in [6, 6.07) is 0. The Morgan fingerprint density at radius 1 is 0.500 bits per heavy atom. The monoisotopic (exact) mass is 336 g/mol. The van der Waals surface area contributed by atoms with E-state index < -0.39 is 22.4 Å². The molecule has 24 heavy (non-hydrogen) atoms. The summed E-state index contributed by atoms with van der Waals surface area (Å²) in [7, 11) is 0. The van der Waals surface area contributed by atoms with Crippen molar-refractivity contribution in [3.8, 4) is 0 Å². The second-order valence-corrected chi connectivity index (χ2v) is 8.60. The van der Waals surface area contributed by atoms with Crippen molar-refractivity contribution in [1.82, 2.24) is 0 Å². The van der Waals surface area contributed by atoms with E-state index in [1.165, 1.54) is 0 Å². The fourth-order valence-corrected chi connectivity index (χ4v) is 2.53. The van der Waals surface area contributed by atoms with Gasteiger partial charge >= 0.3 is 0 Å². The molecule has 0 aromatic rings. The summed E-state index contributed by atoms with van der Waals surface area (Å²) in [6.45, 7) is 13.2. The minimum absolute atomic E-state index is 0.523. The van der Waals surface area contributed by atoms with Crippen molar-refractivity contribution >= 4 is 0 Å². The molecule has 4 heteroatoms. The minimum Gasteiger partial charge on any atom is -0.386 e. The molecule has 1 aliphatic carbocycles. The molecule has 0 spiro atoms. The Balaban J connectivity index is 3.83. The number of hydrogen-bond donors (Lipinski definition) is 4. The first kappa shape index (κ1) is 20.8. The maximum absolute atomic E-state index is 10.6. The summed E-state index contributed by atoms with van der Waals surface area (Å²) in [5.41, 5.74) is -2.50. The van der Waals surface area contributed by atoms with Crippen LogP contribution in [0.3, 0.4) is 0 Å². The van der Waals surface area contributed by atoms with Gasteiger partial charge in [-0.05, 0) is 83.8 Å². The van der Waals surface area contributed by atoms with E-state index >= 15 is 0 Å². The molecule has 1 rings (SSSR count). The van der Waals surface area contributed by atoms with Crippen LogP contribution in [-0.2, 0) is 0 Å². The van der Waals surface area contributed by atoms with Crippen LogP contribution in [0.1, 0.15) is 55.4 Å². The van der Waals surface area contributed by atoms with E-state index in [2.05, 4.69) is 0 Å². The molecule has 0 bridgehead atoms. The van der Waals surface area contributed by atoms with Gasteiger partial charge in [-0.25, -0.2) is 0 Å². The quantitative estimate of drug-likeness (QED) is 0.636. The third kappa shape index (κ3) is 5.15. The highest BCUT2D eigenvalue weighted by Crippen LogP contribution is 2.35. The van der Waals surface area contributed by atoms with Gasteiger partial charge in [0.15, 0.2) is 0 Å². The van der Waals surface area contributed by atoms with Gasteiger partial charge in [0, 0.05) is 0 Å². The standard InChI is InChI=1S/C20H32O4/c1-17(2,21)13-9-10-15(19(5,6)23)16(20(7,8)24)12-14(11-13)18(3,4)22/h9-12,21-24H,1-8H3/b10-9?,13-9?,13-11+,14-11?,14-12+,15-10?,16-12?,16-15?. The molecule has 0 aliphatic heterocycles. The molecule has 1 aliphatic rings. The van der Waals surface area contributed by atoms with Gasteiger partial charge in [0.25, 0.3) is 0 Å². The van der Waals surface area contributed by atoms with E-state index in [9.17, 15) is 20.4 Å². The summed E-state index contributed by atoms with van der Waals surface area (Å²) in [5, 5.41) is 42.1. The predicted molar refractivity (Wildman–Crippen MR) is 97.5 cm³/mol. The van der Waals surface area contributed by atoms with Crippen molar-refractivity contribution in [2.75, 3.05) is 0 Å². The van der Waals surface area contributed by atoms with E-state index in [1.54, 1.807) is 79.7 Å². The molecule has 0 fully saturated rings. The Bertz CT molecular complexity index is 604. The van der Waals surface area contributed by atoms with Gasteiger partial charge in [0.05, 0.1) is 22.4 Å². The summed E-state index contributed by atoms with van der Waals surface area (Å²) >= 11 is 0. The summed E-state index contributed by atoms with van der Waals surface area (Å²) in [5.74, 6) is 0. The average Bonchev–Trinajstić information content (AvgIpc) is 2.20. The molecule has 4 N–H and O–H groups in total. The van der Waals surface area contributed by atoms with Crippen LogP contribution in [0.25, 0.3) is 0 Å². The highest BCUT2D eigenvalue weighted by Gasteiger charge is 2.32. The molecule has 136 valence electrons. The molecule has 0 aromatic carbocycles. The van der Waals surface area contributed by atoms with Crippen molar-refractivity contribution in [2.24, 2.45) is 0 Å². The largest absolute Gasteiger partial charge is 0.386 e. The fourth-order valence-electron chi connectivity index (χ4n) is 2.53. The van der Waals surface area contributed by atoms with Crippen molar-refractivity contribution in [2.45, 2.75) is 77.8 Å². The maximum atomic E-state index is 10.6. The molecule has 0 saturated carbocycles. The second kappa shape index (κ2) is 6.26. The Kier molecular flexibility index (Phi) is 5.44. The SMILES string of the molecule is CC(C)(O)C1=C(C(C)(C)O)/C=C(C(C)(C)O)\C=C(\C(C)(C)O)C=C1. The van der Waals surface area contributed by atoms with Gasteiger partial charge in [-0.3, -0.25) is 0 Å². The first-order valence-electron chi connectivity index (χ1n) is 8.21. The fraction of sp³-hybridized carbons (Fsp3) is 0.600. The lowest BCUT2D eigenvalue weighted by molar-refractivity contribution is 0.0985. The van der Waals surface area contributed by atoms with Crippen LogP contribution in [0.15, 0.2) is 46.6 Å². The molecule has 0 saturated heterocycles. The van der Waals surface area contributed by atoms with Crippen LogP contribution < -0.4 is 0 Å². The van der Waals surface area contributed by atoms with Crippen LogP contribution in [0.5, 0.6) is 0 Å². The smallest absolute Gasteiger partial charge is 0.0844 e. The molecule has 0 aromatic heterocycles. The normalized spacial score (nSPS) is 22.5. The molecule has 0 heterocycles. The number of rotatable bonds is 4. The lowest BCUT2D eigenvalue weighted by Crippen LogP contribution is -2.32. The zero-order chi connectivity index (χ0) is 19.1. The lowest BCUT2D eigenvalue weighted by Gasteiger charge is -2.32. The molecule has 0 atom stereocenters. The van der Waals surface area contributed by atoms with Crippen LogP contribution in [0.2, 0.25) is 0 Å². The van der Waals surface area contributed by atoms with E-state index in [0.29, 0.717) is 22.3 Å². The second-order valence-electron chi connectivity index (χ2n) is 8.60. The zero-order valence-corrected chi connectivity index (χ0v) is 16.1.